The minimum absolute atomic E-state index is 0.682. The highest BCUT2D eigenvalue weighted by Crippen LogP contribution is 2.01. The van der Waals surface area contributed by atoms with Crippen LogP contribution < -0.4 is 0 Å². The summed E-state index contributed by atoms with van der Waals surface area (Å²) >= 11 is 0. The third kappa shape index (κ3) is 3.01. The first-order chi connectivity index (χ1) is 5.83. The quantitative estimate of drug-likeness (QED) is 0.639. The smallest absolute Gasteiger partial charge is 0.0731 e. The maximum Gasteiger partial charge on any atom is 0.0731 e. The molecule has 0 radical (unpaired) electrons. The van der Waals surface area contributed by atoms with Crippen LogP contribution in [0.25, 0.3) is 0 Å². The number of pyridine rings is 1. The zero-order valence-electron chi connectivity index (χ0n) is 7.71. The second-order valence-electron chi connectivity index (χ2n) is 2.86. The zero-order chi connectivity index (χ0) is 8.81. The molecule has 0 bridgehead atoms. The number of ether oxygens (including phenoxy) is 1. The van der Waals surface area contributed by atoms with Crippen LogP contribution in [0.4, 0.5) is 0 Å². The topological polar surface area (TPSA) is 22.1 Å². The standard InChI is InChI=1S/C10H15NO/c1-3-6-12-8-10-5-4-9(2)11-7-10/h4-5,7H,3,6,8H2,1-2H3. The monoisotopic (exact) mass is 165 g/mol. The molecule has 0 N–H and O–H groups in total. The Bertz CT molecular complexity index is 218. The molecular formula is C10H15NO. The lowest BCUT2D eigenvalue weighted by Gasteiger charge is -2.01. The summed E-state index contributed by atoms with van der Waals surface area (Å²) in [4.78, 5) is 4.18. The summed E-state index contributed by atoms with van der Waals surface area (Å²) in [5, 5.41) is 0. The van der Waals surface area contributed by atoms with Crippen molar-refractivity contribution in [1.29, 1.82) is 0 Å². The highest BCUT2D eigenvalue weighted by atomic mass is 16.5. The van der Waals surface area contributed by atoms with Crippen molar-refractivity contribution in [2.45, 2.75) is 26.9 Å². The van der Waals surface area contributed by atoms with Gasteiger partial charge in [0.1, 0.15) is 0 Å². The summed E-state index contributed by atoms with van der Waals surface area (Å²) in [7, 11) is 0. The van der Waals surface area contributed by atoms with Crippen molar-refractivity contribution in [3.8, 4) is 0 Å². The van der Waals surface area contributed by atoms with Crippen LogP contribution in [-0.4, -0.2) is 11.6 Å². The van der Waals surface area contributed by atoms with Gasteiger partial charge in [0.2, 0.25) is 0 Å². The van der Waals surface area contributed by atoms with Gasteiger partial charge in [-0.15, -0.1) is 0 Å². The Balaban J connectivity index is 2.37. The molecule has 0 aliphatic rings. The van der Waals surface area contributed by atoms with Crippen LogP contribution in [-0.2, 0) is 11.3 Å². The van der Waals surface area contributed by atoms with Crippen molar-refractivity contribution >= 4 is 0 Å². The second-order valence-corrected chi connectivity index (χ2v) is 2.86. The van der Waals surface area contributed by atoms with E-state index in [4.69, 9.17) is 4.74 Å². The lowest BCUT2D eigenvalue weighted by atomic mass is 10.3. The normalized spacial score (nSPS) is 10.2. The lowest BCUT2D eigenvalue weighted by Crippen LogP contribution is -1.94. The first-order valence-corrected chi connectivity index (χ1v) is 4.32. The predicted molar refractivity (Wildman–Crippen MR) is 48.9 cm³/mol. The van der Waals surface area contributed by atoms with E-state index in [1.54, 1.807) is 0 Å². The van der Waals surface area contributed by atoms with E-state index in [1.165, 1.54) is 0 Å². The van der Waals surface area contributed by atoms with Gasteiger partial charge in [-0.1, -0.05) is 13.0 Å². The molecule has 12 heavy (non-hydrogen) atoms. The van der Waals surface area contributed by atoms with E-state index >= 15 is 0 Å². The van der Waals surface area contributed by atoms with Gasteiger partial charge < -0.3 is 4.74 Å². The molecule has 1 rings (SSSR count). The van der Waals surface area contributed by atoms with Crippen molar-refractivity contribution in [2.24, 2.45) is 0 Å². The Hall–Kier alpha value is -0.890. The first kappa shape index (κ1) is 9.20. The number of hydrogen-bond acceptors (Lipinski definition) is 2. The van der Waals surface area contributed by atoms with Gasteiger partial charge in [0.05, 0.1) is 6.61 Å². The summed E-state index contributed by atoms with van der Waals surface area (Å²) in [5.41, 5.74) is 2.20. The van der Waals surface area contributed by atoms with Gasteiger partial charge in [0.15, 0.2) is 0 Å². The second kappa shape index (κ2) is 4.88. The average molecular weight is 165 g/mol. The molecule has 0 saturated carbocycles. The number of aryl methyl sites for hydroxylation is 1. The number of nitrogens with zero attached hydrogens (tertiary/aromatic N) is 1. The van der Waals surface area contributed by atoms with Crippen molar-refractivity contribution < 1.29 is 4.74 Å². The first-order valence-electron chi connectivity index (χ1n) is 4.32. The highest BCUT2D eigenvalue weighted by molar-refractivity contribution is 5.11. The van der Waals surface area contributed by atoms with E-state index in [-0.39, 0.29) is 0 Å². The van der Waals surface area contributed by atoms with Crippen molar-refractivity contribution in [1.82, 2.24) is 4.98 Å². The molecule has 2 nitrogen and oxygen atoms in total. The van der Waals surface area contributed by atoms with Gasteiger partial charge in [-0.25, -0.2) is 0 Å². The largest absolute Gasteiger partial charge is 0.377 e. The minimum Gasteiger partial charge on any atom is -0.377 e. The van der Waals surface area contributed by atoms with Crippen LogP contribution >= 0.6 is 0 Å². The Morgan fingerprint density at radius 3 is 2.83 bits per heavy atom. The summed E-state index contributed by atoms with van der Waals surface area (Å²) in [6, 6.07) is 4.06. The molecule has 66 valence electrons. The third-order valence-electron chi connectivity index (χ3n) is 1.59. The fourth-order valence-corrected chi connectivity index (χ4v) is 0.918. The molecule has 0 saturated heterocycles. The van der Waals surface area contributed by atoms with E-state index < -0.39 is 0 Å². The van der Waals surface area contributed by atoms with Crippen LogP contribution in [0.3, 0.4) is 0 Å². The van der Waals surface area contributed by atoms with Gasteiger partial charge in [-0.2, -0.15) is 0 Å². The third-order valence-corrected chi connectivity index (χ3v) is 1.59. The maximum atomic E-state index is 5.37. The molecule has 1 aromatic heterocycles. The van der Waals surface area contributed by atoms with E-state index in [1.807, 2.05) is 19.2 Å². The molecule has 0 aliphatic heterocycles. The van der Waals surface area contributed by atoms with E-state index in [0.29, 0.717) is 6.61 Å². The van der Waals surface area contributed by atoms with Crippen LogP contribution in [0.5, 0.6) is 0 Å². The molecule has 0 aliphatic carbocycles. The molecule has 0 unspecified atom stereocenters. The highest BCUT2D eigenvalue weighted by Gasteiger charge is 1.92. The van der Waals surface area contributed by atoms with Gasteiger partial charge in [0.25, 0.3) is 0 Å². The molecule has 0 amide bonds. The fourth-order valence-electron chi connectivity index (χ4n) is 0.918. The molecule has 2 heteroatoms. The Morgan fingerprint density at radius 1 is 1.42 bits per heavy atom. The molecular weight excluding hydrogens is 150 g/mol. The van der Waals surface area contributed by atoms with Crippen LogP contribution in [0.1, 0.15) is 24.6 Å². The van der Waals surface area contributed by atoms with Crippen molar-refractivity contribution in [3.63, 3.8) is 0 Å². The van der Waals surface area contributed by atoms with Crippen LogP contribution in [0.15, 0.2) is 18.3 Å². The minimum atomic E-state index is 0.682. The number of hydrogen-bond donors (Lipinski definition) is 0. The summed E-state index contributed by atoms with van der Waals surface area (Å²) in [6.07, 6.45) is 2.93. The zero-order valence-corrected chi connectivity index (χ0v) is 7.71. The lowest BCUT2D eigenvalue weighted by molar-refractivity contribution is 0.121. The SMILES string of the molecule is CCCOCc1ccc(C)nc1. The van der Waals surface area contributed by atoms with E-state index in [2.05, 4.69) is 18.0 Å². The summed E-state index contributed by atoms with van der Waals surface area (Å²) in [5.74, 6) is 0. The number of rotatable bonds is 4. The Kier molecular flexibility index (Phi) is 3.74. The summed E-state index contributed by atoms with van der Waals surface area (Å²) < 4.78 is 5.37. The van der Waals surface area contributed by atoms with E-state index in [9.17, 15) is 0 Å². The molecule has 0 spiro atoms. The Morgan fingerprint density at radius 2 is 2.25 bits per heavy atom. The van der Waals surface area contributed by atoms with Gasteiger partial charge >= 0.3 is 0 Å². The molecule has 0 atom stereocenters. The summed E-state index contributed by atoms with van der Waals surface area (Å²) in [6.45, 7) is 5.60. The van der Waals surface area contributed by atoms with Crippen molar-refractivity contribution in [3.05, 3.63) is 29.6 Å². The predicted octanol–water partition coefficient (Wildman–Crippen LogP) is 2.32. The maximum absolute atomic E-state index is 5.37. The molecule has 0 aromatic carbocycles. The van der Waals surface area contributed by atoms with Gasteiger partial charge in [-0.05, 0) is 25.0 Å². The molecule has 1 aromatic rings. The van der Waals surface area contributed by atoms with Gasteiger partial charge in [-0.3, -0.25) is 4.98 Å². The van der Waals surface area contributed by atoms with Crippen LogP contribution in [0.2, 0.25) is 0 Å². The van der Waals surface area contributed by atoms with E-state index in [0.717, 1.165) is 24.3 Å². The van der Waals surface area contributed by atoms with Crippen LogP contribution in [0, 0.1) is 6.92 Å². The van der Waals surface area contributed by atoms with Crippen molar-refractivity contribution in [2.75, 3.05) is 6.61 Å². The fraction of sp³-hybridized carbons (Fsp3) is 0.500. The number of aromatic nitrogens is 1. The average Bonchev–Trinajstić information content (AvgIpc) is 2.09. The molecule has 1 heterocycles. The van der Waals surface area contributed by atoms with Gasteiger partial charge in [0, 0.05) is 18.5 Å². The Labute approximate surface area is 73.6 Å². The molecule has 0 fully saturated rings.